The van der Waals surface area contributed by atoms with Crippen molar-refractivity contribution < 1.29 is 4.79 Å². The maximum Gasteiger partial charge on any atom is 0.228 e. The van der Waals surface area contributed by atoms with Crippen molar-refractivity contribution in [3.05, 3.63) is 36.0 Å². The van der Waals surface area contributed by atoms with Gasteiger partial charge in [0.2, 0.25) is 5.91 Å². The molecule has 0 radical (unpaired) electrons. The third kappa shape index (κ3) is 1.98. The summed E-state index contributed by atoms with van der Waals surface area (Å²) >= 11 is 3.45. The van der Waals surface area contributed by atoms with Crippen molar-refractivity contribution in [2.75, 3.05) is 11.4 Å². The summed E-state index contributed by atoms with van der Waals surface area (Å²) < 4.78 is 0. The summed E-state index contributed by atoms with van der Waals surface area (Å²) in [6.07, 6.45) is 2.16. The van der Waals surface area contributed by atoms with Gasteiger partial charge >= 0.3 is 0 Å². The van der Waals surface area contributed by atoms with Gasteiger partial charge < -0.3 is 4.90 Å². The van der Waals surface area contributed by atoms with E-state index in [2.05, 4.69) is 27.0 Å². The summed E-state index contributed by atoms with van der Waals surface area (Å²) in [6, 6.07) is 9.51. The number of carbonyl (C=O) groups is 1. The fourth-order valence-corrected chi connectivity index (χ4v) is 2.95. The zero-order valence-electron chi connectivity index (χ0n) is 10.0. The number of carbonyl (C=O) groups excluding carboxylic acids is 1. The number of fused-ring (bicyclic) bond motifs is 1. The van der Waals surface area contributed by atoms with Gasteiger partial charge in [-0.15, -0.1) is 0 Å². The second-order valence-electron chi connectivity index (χ2n) is 4.45. The smallest absolute Gasteiger partial charge is 0.228 e. The fraction of sp³-hybridized carbons (Fsp3) is 0.214. The molecule has 0 spiro atoms. The number of aromatic nitrogens is 1. The second-order valence-corrected chi connectivity index (χ2v) is 5.74. The molecule has 1 saturated heterocycles. The van der Waals surface area contributed by atoms with E-state index in [-0.39, 0.29) is 10.7 Å². The van der Waals surface area contributed by atoms with Gasteiger partial charge in [-0.2, -0.15) is 5.26 Å². The van der Waals surface area contributed by atoms with E-state index in [0.717, 1.165) is 10.9 Å². The number of hydrogen-bond donors (Lipinski definition) is 0. The largest absolute Gasteiger partial charge is 0.310 e. The molecule has 94 valence electrons. The molecule has 2 aromatic rings. The van der Waals surface area contributed by atoms with Crippen LogP contribution in [0.4, 0.5) is 5.69 Å². The summed E-state index contributed by atoms with van der Waals surface area (Å²) in [5, 5.41) is 10.2. The van der Waals surface area contributed by atoms with Gasteiger partial charge in [0.25, 0.3) is 0 Å². The zero-order valence-corrected chi connectivity index (χ0v) is 11.6. The molecule has 1 atom stereocenters. The number of anilines is 1. The summed E-state index contributed by atoms with van der Waals surface area (Å²) in [7, 11) is 0. The lowest BCUT2D eigenvalue weighted by Gasteiger charge is -2.18. The predicted octanol–water partition coefficient (Wildman–Crippen LogP) is 2.61. The van der Waals surface area contributed by atoms with Gasteiger partial charge in [-0.3, -0.25) is 9.78 Å². The lowest BCUT2D eigenvalue weighted by molar-refractivity contribution is -0.117. The Labute approximate surface area is 118 Å². The van der Waals surface area contributed by atoms with E-state index in [9.17, 15) is 10.1 Å². The van der Waals surface area contributed by atoms with E-state index in [0.29, 0.717) is 24.2 Å². The van der Waals surface area contributed by atoms with Crippen molar-refractivity contribution in [3.63, 3.8) is 0 Å². The van der Waals surface area contributed by atoms with Gasteiger partial charge in [0.1, 0.15) is 6.07 Å². The molecule has 3 rings (SSSR count). The first-order valence-corrected chi connectivity index (χ1v) is 6.84. The van der Waals surface area contributed by atoms with Crippen LogP contribution in [0.3, 0.4) is 0 Å². The zero-order chi connectivity index (χ0) is 13.4. The van der Waals surface area contributed by atoms with Crippen LogP contribution in [0.2, 0.25) is 0 Å². The average molecular weight is 316 g/mol. The number of amides is 1. The van der Waals surface area contributed by atoms with Crippen LogP contribution in [0.25, 0.3) is 10.9 Å². The molecule has 0 bridgehead atoms. The highest BCUT2D eigenvalue weighted by molar-refractivity contribution is 9.09. The molecule has 1 aromatic carbocycles. The number of halogens is 1. The number of nitriles is 1. The standard InChI is InChI=1S/C14H10BrN3O/c15-9-6-14(19)18(8-9)13-4-3-12-10(11(13)7-16)2-1-5-17-12/h1-5,9H,6,8H2. The van der Waals surface area contributed by atoms with Crippen LogP contribution >= 0.6 is 15.9 Å². The van der Waals surface area contributed by atoms with E-state index < -0.39 is 0 Å². The molecule has 1 aliphatic heterocycles. The highest BCUT2D eigenvalue weighted by Gasteiger charge is 2.30. The molecule has 1 unspecified atom stereocenters. The van der Waals surface area contributed by atoms with Crippen molar-refractivity contribution in [2.24, 2.45) is 0 Å². The van der Waals surface area contributed by atoms with Gasteiger partial charge in [-0.1, -0.05) is 15.9 Å². The summed E-state index contributed by atoms with van der Waals surface area (Å²) in [5.74, 6) is 0.0432. The van der Waals surface area contributed by atoms with Crippen molar-refractivity contribution in [2.45, 2.75) is 11.2 Å². The Kier molecular flexibility index (Phi) is 2.96. The monoisotopic (exact) mass is 315 g/mol. The van der Waals surface area contributed by atoms with E-state index in [4.69, 9.17) is 0 Å². The molecule has 4 nitrogen and oxygen atoms in total. The highest BCUT2D eigenvalue weighted by Crippen LogP contribution is 2.31. The van der Waals surface area contributed by atoms with Gasteiger partial charge in [0.15, 0.2) is 0 Å². The Hall–Kier alpha value is -1.93. The molecule has 0 aliphatic carbocycles. The van der Waals surface area contributed by atoms with Crippen LogP contribution in [0.1, 0.15) is 12.0 Å². The Morgan fingerprint density at radius 1 is 1.42 bits per heavy atom. The topological polar surface area (TPSA) is 57.0 Å². The Morgan fingerprint density at radius 2 is 2.26 bits per heavy atom. The number of alkyl halides is 1. The van der Waals surface area contributed by atoms with Crippen LogP contribution in [0.15, 0.2) is 30.5 Å². The van der Waals surface area contributed by atoms with Crippen molar-refractivity contribution >= 4 is 38.4 Å². The second kappa shape index (κ2) is 4.63. The third-order valence-corrected chi connectivity index (χ3v) is 3.86. The SMILES string of the molecule is N#Cc1c(N2CC(Br)CC2=O)ccc2ncccc12. The maximum absolute atomic E-state index is 12.0. The molecular weight excluding hydrogens is 306 g/mol. The number of pyridine rings is 1. The molecule has 0 N–H and O–H groups in total. The Bertz CT molecular complexity index is 707. The van der Waals surface area contributed by atoms with Gasteiger partial charge in [0, 0.05) is 29.4 Å². The highest BCUT2D eigenvalue weighted by atomic mass is 79.9. The average Bonchev–Trinajstić information content (AvgIpc) is 2.76. The normalized spacial score (nSPS) is 18.8. The van der Waals surface area contributed by atoms with Crippen LogP contribution in [-0.2, 0) is 4.79 Å². The Morgan fingerprint density at radius 3 is 2.95 bits per heavy atom. The predicted molar refractivity (Wildman–Crippen MR) is 76.1 cm³/mol. The van der Waals surface area contributed by atoms with Crippen molar-refractivity contribution in [1.29, 1.82) is 5.26 Å². The van der Waals surface area contributed by atoms with Crippen LogP contribution in [0.5, 0.6) is 0 Å². The fourth-order valence-electron chi connectivity index (χ4n) is 2.38. The quantitative estimate of drug-likeness (QED) is 0.760. The maximum atomic E-state index is 12.0. The van der Waals surface area contributed by atoms with Gasteiger partial charge in [-0.05, 0) is 24.3 Å². The van der Waals surface area contributed by atoms with Gasteiger partial charge in [0.05, 0.1) is 16.8 Å². The summed E-state index contributed by atoms with van der Waals surface area (Å²) in [6.45, 7) is 0.597. The molecular formula is C14H10BrN3O. The molecule has 5 heteroatoms. The number of rotatable bonds is 1. The first-order valence-electron chi connectivity index (χ1n) is 5.93. The van der Waals surface area contributed by atoms with Crippen molar-refractivity contribution in [3.8, 4) is 6.07 Å². The summed E-state index contributed by atoms with van der Waals surface area (Å²) in [4.78, 5) is 18.0. The van der Waals surface area contributed by atoms with E-state index in [1.54, 1.807) is 23.2 Å². The first-order chi connectivity index (χ1) is 9.20. The molecule has 1 aliphatic rings. The van der Waals surface area contributed by atoms with Crippen LogP contribution in [-0.4, -0.2) is 22.3 Å². The van der Waals surface area contributed by atoms with E-state index in [1.807, 2.05) is 12.1 Å². The minimum atomic E-state index is 0.0432. The van der Waals surface area contributed by atoms with Crippen LogP contribution < -0.4 is 4.90 Å². The number of nitrogens with zero attached hydrogens (tertiary/aromatic N) is 3. The lowest BCUT2D eigenvalue weighted by Crippen LogP contribution is -2.25. The molecule has 2 heterocycles. The van der Waals surface area contributed by atoms with E-state index in [1.165, 1.54) is 0 Å². The first kappa shape index (κ1) is 12.1. The lowest BCUT2D eigenvalue weighted by atomic mass is 10.1. The van der Waals surface area contributed by atoms with E-state index >= 15 is 0 Å². The summed E-state index contributed by atoms with van der Waals surface area (Å²) in [5.41, 5.74) is 1.96. The molecule has 1 fully saturated rings. The number of hydrogen-bond acceptors (Lipinski definition) is 3. The molecule has 0 saturated carbocycles. The number of benzene rings is 1. The van der Waals surface area contributed by atoms with Gasteiger partial charge in [-0.25, -0.2) is 0 Å². The minimum absolute atomic E-state index is 0.0432. The third-order valence-electron chi connectivity index (χ3n) is 3.24. The molecule has 1 amide bonds. The molecule has 1 aromatic heterocycles. The molecule has 19 heavy (non-hydrogen) atoms. The Balaban J connectivity index is 2.20. The van der Waals surface area contributed by atoms with Crippen molar-refractivity contribution in [1.82, 2.24) is 4.98 Å². The van der Waals surface area contributed by atoms with Crippen LogP contribution in [0, 0.1) is 11.3 Å². The minimum Gasteiger partial charge on any atom is -0.310 e.